The number of rotatable bonds is 0. The minimum Gasteiger partial charge on any atom is -0.207 e. The maximum absolute atomic E-state index is 12.7. The molecular weight excluding hydrogens is 138 g/mol. The van der Waals surface area contributed by atoms with Crippen LogP contribution in [0.4, 0.5) is 4.39 Å². The Kier molecular flexibility index (Phi) is 2.69. The van der Waals surface area contributed by atoms with Gasteiger partial charge in [-0.1, -0.05) is 17.1 Å². The van der Waals surface area contributed by atoms with E-state index >= 15 is 0 Å². The quantitative estimate of drug-likeness (QED) is 0.463. The fourth-order valence-corrected chi connectivity index (χ4v) is 1.05. The summed E-state index contributed by atoms with van der Waals surface area (Å²) in [6.45, 7) is 2.00. The Bertz CT molecular complexity index is 236. The van der Waals surface area contributed by atoms with Crippen LogP contribution in [0.3, 0.4) is 0 Å². The molecule has 0 nitrogen and oxygen atoms in total. The predicted octanol–water partition coefficient (Wildman–Crippen LogP) is 2.63. The zero-order chi connectivity index (χ0) is 8.27. The summed E-state index contributed by atoms with van der Waals surface area (Å²) in [5.41, 5.74) is 1.69. The lowest BCUT2D eigenvalue weighted by Crippen LogP contribution is -1.85. The van der Waals surface area contributed by atoms with Gasteiger partial charge in [-0.15, -0.1) is 0 Å². The van der Waals surface area contributed by atoms with E-state index in [9.17, 15) is 4.39 Å². The molecule has 0 aromatic heterocycles. The highest BCUT2D eigenvalue weighted by Gasteiger charge is 1.96. The number of hydrogen-bond donors (Lipinski definition) is 0. The van der Waals surface area contributed by atoms with Crippen molar-refractivity contribution in [3.05, 3.63) is 35.1 Å². The SMILES string of the molecule is [B]C1=CC(F)=CCCC(C)=C1. The van der Waals surface area contributed by atoms with Crippen molar-refractivity contribution in [2.24, 2.45) is 0 Å². The third-order valence-corrected chi connectivity index (χ3v) is 1.60. The Morgan fingerprint density at radius 3 is 2.91 bits per heavy atom. The molecule has 0 saturated carbocycles. The maximum atomic E-state index is 12.7. The first kappa shape index (κ1) is 8.31. The van der Waals surface area contributed by atoms with Crippen molar-refractivity contribution in [2.45, 2.75) is 19.8 Å². The van der Waals surface area contributed by atoms with Crippen LogP contribution in [-0.2, 0) is 0 Å². The van der Waals surface area contributed by atoms with Gasteiger partial charge in [0.1, 0.15) is 13.7 Å². The topological polar surface area (TPSA) is 0 Å². The number of halogens is 1. The summed E-state index contributed by atoms with van der Waals surface area (Å²) in [6.07, 6.45) is 6.37. The molecule has 0 heterocycles. The van der Waals surface area contributed by atoms with Crippen molar-refractivity contribution >= 4 is 7.85 Å². The van der Waals surface area contributed by atoms with Crippen LogP contribution < -0.4 is 0 Å². The lowest BCUT2D eigenvalue weighted by molar-refractivity contribution is 0.657. The highest BCUT2D eigenvalue weighted by molar-refractivity contribution is 6.23. The normalized spacial score (nSPS) is 19.3. The van der Waals surface area contributed by atoms with Crippen LogP contribution in [-0.4, -0.2) is 7.85 Å². The van der Waals surface area contributed by atoms with Crippen molar-refractivity contribution in [3.63, 3.8) is 0 Å². The minimum atomic E-state index is -0.230. The first-order chi connectivity index (χ1) is 5.18. The maximum Gasteiger partial charge on any atom is 0.118 e. The van der Waals surface area contributed by atoms with Crippen LogP contribution in [0.5, 0.6) is 0 Å². The Morgan fingerprint density at radius 1 is 1.45 bits per heavy atom. The Labute approximate surface area is 67.9 Å². The van der Waals surface area contributed by atoms with Gasteiger partial charge in [0.15, 0.2) is 0 Å². The van der Waals surface area contributed by atoms with Gasteiger partial charge in [-0.3, -0.25) is 0 Å². The molecule has 0 aromatic carbocycles. The summed E-state index contributed by atoms with van der Waals surface area (Å²) in [4.78, 5) is 0. The molecule has 0 fully saturated rings. The monoisotopic (exact) mass is 148 g/mol. The molecule has 1 aliphatic carbocycles. The van der Waals surface area contributed by atoms with E-state index in [4.69, 9.17) is 7.85 Å². The summed E-state index contributed by atoms with van der Waals surface area (Å²) < 4.78 is 12.7. The molecule has 0 bridgehead atoms. The molecule has 1 rings (SSSR count). The molecule has 0 spiro atoms. The molecule has 2 radical (unpaired) electrons. The molecule has 0 aliphatic heterocycles. The lowest BCUT2D eigenvalue weighted by Gasteiger charge is -2.02. The largest absolute Gasteiger partial charge is 0.207 e. The second-order valence-electron chi connectivity index (χ2n) is 2.76. The van der Waals surface area contributed by atoms with Gasteiger partial charge < -0.3 is 0 Å². The van der Waals surface area contributed by atoms with E-state index in [0.717, 1.165) is 12.8 Å². The molecule has 0 saturated heterocycles. The van der Waals surface area contributed by atoms with E-state index in [0.29, 0.717) is 5.47 Å². The molecule has 0 aromatic rings. The fraction of sp³-hybridized carbons (Fsp3) is 0.333. The molecule has 2 heteroatoms. The smallest absolute Gasteiger partial charge is 0.118 e. The Morgan fingerprint density at radius 2 is 2.18 bits per heavy atom. The lowest BCUT2D eigenvalue weighted by atomic mass is 9.91. The van der Waals surface area contributed by atoms with Crippen LogP contribution in [0.25, 0.3) is 0 Å². The highest BCUT2D eigenvalue weighted by atomic mass is 19.1. The number of hydrogen-bond acceptors (Lipinski definition) is 0. The van der Waals surface area contributed by atoms with Crippen LogP contribution >= 0.6 is 0 Å². The van der Waals surface area contributed by atoms with Gasteiger partial charge in [-0.05, 0) is 31.9 Å². The zero-order valence-electron chi connectivity index (χ0n) is 6.60. The molecule has 11 heavy (non-hydrogen) atoms. The molecule has 1 aliphatic rings. The summed E-state index contributed by atoms with van der Waals surface area (Å²) in [7, 11) is 5.49. The van der Waals surface area contributed by atoms with E-state index in [1.165, 1.54) is 11.6 Å². The third-order valence-electron chi connectivity index (χ3n) is 1.60. The second kappa shape index (κ2) is 3.56. The highest BCUT2D eigenvalue weighted by Crippen LogP contribution is 2.14. The second-order valence-corrected chi connectivity index (χ2v) is 2.76. The van der Waals surface area contributed by atoms with Gasteiger partial charge in [0.2, 0.25) is 0 Å². The van der Waals surface area contributed by atoms with E-state index in [1.807, 2.05) is 13.0 Å². The van der Waals surface area contributed by atoms with Crippen molar-refractivity contribution in [1.29, 1.82) is 0 Å². The van der Waals surface area contributed by atoms with Gasteiger partial charge in [-0.2, -0.15) is 0 Å². The van der Waals surface area contributed by atoms with Crippen molar-refractivity contribution in [3.8, 4) is 0 Å². The van der Waals surface area contributed by atoms with Crippen molar-refractivity contribution in [1.82, 2.24) is 0 Å². The zero-order valence-corrected chi connectivity index (χ0v) is 6.60. The van der Waals surface area contributed by atoms with E-state index in [1.54, 1.807) is 6.08 Å². The molecule has 0 atom stereocenters. The van der Waals surface area contributed by atoms with Gasteiger partial charge >= 0.3 is 0 Å². The molecule has 0 N–H and O–H groups in total. The van der Waals surface area contributed by atoms with Gasteiger partial charge in [0, 0.05) is 0 Å². The molecule has 0 amide bonds. The van der Waals surface area contributed by atoms with Crippen molar-refractivity contribution < 1.29 is 4.39 Å². The summed E-state index contributed by atoms with van der Waals surface area (Å²) >= 11 is 0. The Hall–Kier alpha value is -0.785. The first-order valence-electron chi connectivity index (χ1n) is 3.68. The average molecular weight is 148 g/mol. The van der Waals surface area contributed by atoms with Crippen molar-refractivity contribution in [2.75, 3.05) is 0 Å². The van der Waals surface area contributed by atoms with Crippen LogP contribution in [0, 0.1) is 0 Å². The van der Waals surface area contributed by atoms with Crippen LogP contribution in [0.15, 0.2) is 35.1 Å². The van der Waals surface area contributed by atoms with E-state index in [2.05, 4.69) is 0 Å². The standard InChI is InChI=1S/C9H10BF/c1-7-3-2-4-9(11)6-8(10)5-7/h4-6H,2-3H2,1H3. The predicted molar refractivity (Wildman–Crippen MR) is 46.0 cm³/mol. The van der Waals surface area contributed by atoms with E-state index in [-0.39, 0.29) is 5.83 Å². The molecular formula is C9H10BF. The minimum absolute atomic E-state index is 0.230. The number of allylic oxidation sites excluding steroid dienone is 6. The molecule has 56 valence electrons. The van der Waals surface area contributed by atoms with Gasteiger partial charge in [0.25, 0.3) is 0 Å². The fourth-order valence-electron chi connectivity index (χ4n) is 1.05. The van der Waals surface area contributed by atoms with E-state index < -0.39 is 0 Å². The Balaban J connectivity index is 2.87. The summed E-state index contributed by atoms with van der Waals surface area (Å²) in [6, 6.07) is 0. The van der Waals surface area contributed by atoms with Gasteiger partial charge in [0.05, 0.1) is 0 Å². The van der Waals surface area contributed by atoms with Crippen LogP contribution in [0.2, 0.25) is 0 Å². The van der Waals surface area contributed by atoms with Crippen LogP contribution in [0.1, 0.15) is 19.8 Å². The van der Waals surface area contributed by atoms with Gasteiger partial charge in [-0.25, -0.2) is 4.39 Å². The summed E-state index contributed by atoms with van der Waals surface area (Å²) in [5, 5.41) is 0. The first-order valence-corrected chi connectivity index (χ1v) is 3.68. The summed E-state index contributed by atoms with van der Waals surface area (Å²) in [5.74, 6) is -0.230. The average Bonchev–Trinajstić information content (AvgIpc) is 1.83. The molecule has 0 unspecified atom stereocenters. The third kappa shape index (κ3) is 2.75.